The minimum Gasteiger partial charge on any atom is -0.423 e. The largest absolute Gasteiger partial charge is 0.423 e. The van der Waals surface area contributed by atoms with Crippen LogP contribution in [0.25, 0.3) is 0 Å². The molecule has 1 fully saturated rings. The molecule has 3 unspecified atom stereocenters. The second-order valence-corrected chi connectivity index (χ2v) is 5.84. The lowest BCUT2D eigenvalue weighted by Gasteiger charge is -2.47. The van der Waals surface area contributed by atoms with E-state index in [0.717, 1.165) is 24.8 Å². The van der Waals surface area contributed by atoms with E-state index >= 15 is 0 Å². The van der Waals surface area contributed by atoms with Gasteiger partial charge in [0, 0.05) is 16.6 Å². The molecule has 2 aliphatic carbocycles. The van der Waals surface area contributed by atoms with Gasteiger partial charge in [0.25, 0.3) is 0 Å². The average molecular weight is 246 g/mol. The molecule has 1 heterocycles. The summed E-state index contributed by atoms with van der Waals surface area (Å²) in [7, 11) is 0. The molecule has 3 rings (SSSR count). The van der Waals surface area contributed by atoms with E-state index in [1.165, 1.54) is 5.57 Å². The van der Waals surface area contributed by atoms with Crippen molar-refractivity contribution in [2.45, 2.75) is 39.2 Å². The van der Waals surface area contributed by atoms with Crippen LogP contribution in [0.1, 0.15) is 33.1 Å². The zero-order valence-corrected chi connectivity index (χ0v) is 10.8. The van der Waals surface area contributed by atoms with Crippen molar-refractivity contribution in [2.24, 2.45) is 11.3 Å². The zero-order chi connectivity index (χ0) is 13.1. The Labute approximate surface area is 107 Å². The molecule has 1 aliphatic heterocycles. The van der Waals surface area contributed by atoms with E-state index in [9.17, 15) is 9.90 Å². The van der Waals surface area contributed by atoms with Gasteiger partial charge in [0.15, 0.2) is 0 Å². The predicted molar refractivity (Wildman–Crippen MR) is 67.5 cm³/mol. The molecule has 0 aromatic carbocycles. The van der Waals surface area contributed by atoms with Crippen molar-refractivity contribution in [3.63, 3.8) is 0 Å². The molecule has 0 bridgehead atoms. The van der Waals surface area contributed by atoms with Gasteiger partial charge in [-0.05, 0) is 38.2 Å². The summed E-state index contributed by atoms with van der Waals surface area (Å²) in [5.74, 6) is 0.619. The van der Waals surface area contributed by atoms with Crippen molar-refractivity contribution in [3.05, 3.63) is 35.1 Å². The molecule has 0 aromatic heterocycles. The summed E-state index contributed by atoms with van der Waals surface area (Å²) in [6.45, 7) is 8.00. The number of carbonyl (C=O) groups is 1. The fourth-order valence-electron chi connectivity index (χ4n) is 3.44. The second-order valence-electron chi connectivity index (χ2n) is 5.84. The fourth-order valence-corrected chi connectivity index (χ4v) is 3.44. The number of aliphatic hydroxyl groups is 1. The van der Waals surface area contributed by atoms with Gasteiger partial charge in [0.05, 0.1) is 6.10 Å². The molecular formula is C15H18O3. The third-order valence-corrected chi connectivity index (χ3v) is 4.81. The van der Waals surface area contributed by atoms with E-state index in [1.807, 2.05) is 19.9 Å². The highest BCUT2D eigenvalue weighted by Gasteiger charge is 2.49. The number of ether oxygens (including phenoxy) is 1. The summed E-state index contributed by atoms with van der Waals surface area (Å²) in [6, 6.07) is 0. The molecule has 0 amide bonds. The van der Waals surface area contributed by atoms with Crippen LogP contribution in [0.2, 0.25) is 0 Å². The quantitative estimate of drug-likeness (QED) is 0.527. The summed E-state index contributed by atoms with van der Waals surface area (Å²) in [4.78, 5) is 11.6. The molecule has 3 nitrogen and oxygen atoms in total. The standard InChI is InChI=1S/C15H18O3/c1-8-4-5-13(16)15(3)7-12-10(6-11(8)15)9(2)14(17)18-12/h7,11,13,16H,1,4-6H2,2-3H3. The highest BCUT2D eigenvalue weighted by atomic mass is 16.5. The van der Waals surface area contributed by atoms with Gasteiger partial charge in [-0.15, -0.1) is 0 Å². The van der Waals surface area contributed by atoms with E-state index in [2.05, 4.69) is 6.58 Å². The van der Waals surface area contributed by atoms with Gasteiger partial charge in [-0.1, -0.05) is 19.1 Å². The Morgan fingerprint density at radius 3 is 3.00 bits per heavy atom. The summed E-state index contributed by atoms with van der Waals surface area (Å²) in [5.41, 5.74) is 2.53. The van der Waals surface area contributed by atoms with Crippen molar-refractivity contribution in [1.82, 2.24) is 0 Å². The zero-order valence-electron chi connectivity index (χ0n) is 10.8. The van der Waals surface area contributed by atoms with E-state index < -0.39 is 0 Å². The summed E-state index contributed by atoms with van der Waals surface area (Å²) >= 11 is 0. The Hall–Kier alpha value is -1.35. The first-order chi connectivity index (χ1) is 8.43. The topological polar surface area (TPSA) is 46.5 Å². The molecule has 96 valence electrons. The van der Waals surface area contributed by atoms with Crippen LogP contribution >= 0.6 is 0 Å². The maximum atomic E-state index is 11.6. The van der Waals surface area contributed by atoms with Crippen LogP contribution in [0, 0.1) is 11.3 Å². The molecule has 1 N–H and O–H groups in total. The number of fused-ring (bicyclic) bond motifs is 2. The van der Waals surface area contributed by atoms with E-state index in [4.69, 9.17) is 4.74 Å². The van der Waals surface area contributed by atoms with Gasteiger partial charge in [0.2, 0.25) is 0 Å². The number of hydrogen-bond acceptors (Lipinski definition) is 3. The van der Waals surface area contributed by atoms with Gasteiger partial charge in [-0.25, -0.2) is 4.79 Å². The highest BCUT2D eigenvalue weighted by Crippen LogP contribution is 2.53. The van der Waals surface area contributed by atoms with Gasteiger partial charge in [-0.2, -0.15) is 0 Å². The highest BCUT2D eigenvalue weighted by molar-refractivity contribution is 5.94. The molecule has 0 aromatic rings. The number of esters is 1. The van der Waals surface area contributed by atoms with E-state index in [1.54, 1.807) is 0 Å². The monoisotopic (exact) mass is 246 g/mol. The van der Waals surface area contributed by atoms with Gasteiger partial charge in [-0.3, -0.25) is 0 Å². The number of allylic oxidation sites excluding steroid dienone is 2. The van der Waals surface area contributed by atoms with Gasteiger partial charge >= 0.3 is 5.97 Å². The number of hydrogen-bond donors (Lipinski definition) is 1. The number of rotatable bonds is 0. The number of carbonyl (C=O) groups excluding carboxylic acids is 1. The van der Waals surface area contributed by atoms with Crippen molar-refractivity contribution in [1.29, 1.82) is 0 Å². The Morgan fingerprint density at radius 2 is 2.28 bits per heavy atom. The molecule has 3 heteroatoms. The SMILES string of the molecule is C=C1CCC(O)C2(C)C=C3OC(=O)C(C)=C3CC12. The summed E-state index contributed by atoms with van der Waals surface area (Å²) < 4.78 is 5.28. The molecule has 0 saturated heterocycles. The first-order valence-electron chi connectivity index (χ1n) is 6.44. The van der Waals surface area contributed by atoms with Crippen LogP contribution in [0.5, 0.6) is 0 Å². The first-order valence-corrected chi connectivity index (χ1v) is 6.44. The summed E-state index contributed by atoms with van der Waals surface area (Å²) in [5, 5.41) is 10.3. The third-order valence-electron chi connectivity index (χ3n) is 4.81. The van der Waals surface area contributed by atoms with Crippen LogP contribution in [0.4, 0.5) is 0 Å². The Balaban J connectivity index is 2.12. The van der Waals surface area contributed by atoms with Crippen LogP contribution in [-0.4, -0.2) is 17.2 Å². The van der Waals surface area contributed by atoms with Gasteiger partial charge in [0.1, 0.15) is 5.76 Å². The van der Waals surface area contributed by atoms with Crippen molar-refractivity contribution in [2.75, 3.05) is 0 Å². The molecule has 0 spiro atoms. The molecule has 3 aliphatic rings. The lowest BCUT2D eigenvalue weighted by Crippen LogP contribution is -2.44. The predicted octanol–water partition coefficient (Wildman–Crippen LogP) is 2.48. The van der Waals surface area contributed by atoms with E-state index in [0.29, 0.717) is 11.3 Å². The first kappa shape index (κ1) is 11.7. The average Bonchev–Trinajstić information content (AvgIpc) is 2.58. The Morgan fingerprint density at radius 1 is 1.56 bits per heavy atom. The third kappa shape index (κ3) is 1.37. The normalized spacial score (nSPS) is 39.2. The molecule has 0 radical (unpaired) electrons. The second kappa shape index (κ2) is 3.58. The fraction of sp³-hybridized carbons (Fsp3) is 0.533. The van der Waals surface area contributed by atoms with Gasteiger partial charge < -0.3 is 9.84 Å². The van der Waals surface area contributed by atoms with Crippen molar-refractivity contribution >= 4 is 5.97 Å². The van der Waals surface area contributed by atoms with Crippen LogP contribution < -0.4 is 0 Å². The summed E-state index contributed by atoms with van der Waals surface area (Å²) in [6.07, 6.45) is 3.92. The van der Waals surface area contributed by atoms with E-state index in [-0.39, 0.29) is 23.4 Å². The lowest BCUT2D eigenvalue weighted by atomic mass is 9.59. The molecule has 1 saturated carbocycles. The van der Waals surface area contributed by atoms with Crippen molar-refractivity contribution < 1.29 is 14.6 Å². The Kier molecular flexibility index (Phi) is 2.33. The molecule has 18 heavy (non-hydrogen) atoms. The van der Waals surface area contributed by atoms with Crippen LogP contribution in [-0.2, 0) is 9.53 Å². The maximum absolute atomic E-state index is 11.6. The Bertz CT molecular complexity index is 512. The minimum atomic E-state index is -0.387. The molecule has 3 atom stereocenters. The van der Waals surface area contributed by atoms with Crippen LogP contribution in [0.3, 0.4) is 0 Å². The molecular weight excluding hydrogens is 228 g/mol. The van der Waals surface area contributed by atoms with Crippen LogP contribution in [0.15, 0.2) is 35.1 Å². The smallest absolute Gasteiger partial charge is 0.339 e. The minimum absolute atomic E-state index is 0.212. The lowest BCUT2D eigenvalue weighted by molar-refractivity contribution is -0.133. The number of aliphatic hydroxyl groups excluding tert-OH is 1. The van der Waals surface area contributed by atoms with Crippen molar-refractivity contribution in [3.8, 4) is 0 Å². The maximum Gasteiger partial charge on any atom is 0.339 e.